The van der Waals surface area contributed by atoms with E-state index in [1.54, 1.807) is 48.5 Å². The average molecular weight is 503 g/mol. The number of rotatable bonds is 6. The third-order valence-electron chi connectivity index (χ3n) is 5.55. The van der Waals surface area contributed by atoms with Crippen molar-refractivity contribution in [3.8, 4) is 22.6 Å². The van der Waals surface area contributed by atoms with Crippen LogP contribution in [0.4, 0.5) is 10.3 Å². The molecule has 1 N–H and O–H groups in total. The summed E-state index contributed by atoms with van der Waals surface area (Å²) in [5.74, 6) is -0.0171. The summed E-state index contributed by atoms with van der Waals surface area (Å²) in [4.78, 5) is 20.7. The molecule has 2 heterocycles. The SMILES string of the molecule is COc1cc(-c2cccc(F)c2)ccc1-n1c(=O)ccc2cc(S(=O)(=O)Nc3ncccn3)ccc21. The molecule has 0 atom stereocenters. The molecule has 5 aromatic rings. The molecule has 0 aliphatic carbocycles. The van der Waals surface area contributed by atoms with E-state index in [2.05, 4.69) is 14.7 Å². The van der Waals surface area contributed by atoms with Gasteiger partial charge in [-0.2, -0.15) is 0 Å². The highest BCUT2D eigenvalue weighted by molar-refractivity contribution is 7.92. The van der Waals surface area contributed by atoms with E-state index in [9.17, 15) is 17.6 Å². The highest BCUT2D eigenvalue weighted by Crippen LogP contribution is 2.31. The number of fused-ring (bicyclic) bond motifs is 1. The Morgan fingerprint density at radius 1 is 0.889 bits per heavy atom. The molecule has 3 aromatic carbocycles. The maximum atomic E-state index is 13.7. The van der Waals surface area contributed by atoms with Crippen LogP contribution in [0, 0.1) is 5.82 Å². The minimum Gasteiger partial charge on any atom is -0.495 e. The number of benzene rings is 3. The van der Waals surface area contributed by atoms with Gasteiger partial charge in [-0.1, -0.05) is 18.2 Å². The van der Waals surface area contributed by atoms with Gasteiger partial charge in [0, 0.05) is 23.8 Å². The number of halogens is 1. The molecule has 36 heavy (non-hydrogen) atoms. The topological polar surface area (TPSA) is 103 Å². The van der Waals surface area contributed by atoms with Crippen molar-refractivity contribution in [2.45, 2.75) is 4.90 Å². The van der Waals surface area contributed by atoms with Crippen LogP contribution >= 0.6 is 0 Å². The fourth-order valence-corrected chi connectivity index (χ4v) is 4.87. The smallest absolute Gasteiger partial charge is 0.264 e. The lowest BCUT2D eigenvalue weighted by molar-refractivity contribution is 0.413. The number of methoxy groups -OCH3 is 1. The lowest BCUT2D eigenvalue weighted by Crippen LogP contribution is -2.19. The van der Waals surface area contributed by atoms with Gasteiger partial charge in [0.25, 0.3) is 15.6 Å². The number of ether oxygens (including phenoxy) is 1. The van der Waals surface area contributed by atoms with Crippen LogP contribution in [0.25, 0.3) is 27.7 Å². The van der Waals surface area contributed by atoms with Crippen LogP contribution in [0.15, 0.2) is 101 Å². The van der Waals surface area contributed by atoms with Gasteiger partial charge in [-0.15, -0.1) is 0 Å². The molecule has 0 aliphatic rings. The van der Waals surface area contributed by atoms with Gasteiger partial charge in [0.05, 0.1) is 23.2 Å². The first-order chi connectivity index (χ1) is 17.4. The van der Waals surface area contributed by atoms with Gasteiger partial charge in [-0.05, 0) is 65.7 Å². The number of nitrogens with one attached hydrogen (secondary N) is 1. The van der Waals surface area contributed by atoms with Crippen molar-refractivity contribution < 1.29 is 17.5 Å². The van der Waals surface area contributed by atoms with Crippen molar-refractivity contribution in [3.63, 3.8) is 0 Å². The van der Waals surface area contributed by atoms with Crippen LogP contribution in [0.3, 0.4) is 0 Å². The third-order valence-corrected chi connectivity index (χ3v) is 6.87. The van der Waals surface area contributed by atoms with E-state index in [-0.39, 0.29) is 22.2 Å². The summed E-state index contributed by atoms with van der Waals surface area (Å²) in [6, 6.07) is 20.3. The van der Waals surface area contributed by atoms with E-state index in [1.807, 2.05) is 0 Å². The first kappa shape index (κ1) is 23.2. The minimum absolute atomic E-state index is 0.0129. The van der Waals surface area contributed by atoms with E-state index in [0.29, 0.717) is 33.5 Å². The van der Waals surface area contributed by atoms with E-state index in [1.165, 1.54) is 54.4 Å². The van der Waals surface area contributed by atoms with Crippen molar-refractivity contribution in [2.24, 2.45) is 0 Å². The van der Waals surface area contributed by atoms with Gasteiger partial charge in [0.1, 0.15) is 11.6 Å². The van der Waals surface area contributed by atoms with E-state index in [0.717, 1.165) is 0 Å². The summed E-state index contributed by atoms with van der Waals surface area (Å²) in [7, 11) is -2.48. The molecule has 180 valence electrons. The molecule has 0 spiro atoms. The molecule has 0 unspecified atom stereocenters. The Morgan fingerprint density at radius 3 is 2.42 bits per heavy atom. The highest BCUT2D eigenvalue weighted by Gasteiger charge is 2.18. The lowest BCUT2D eigenvalue weighted by atomic mass is 10.0. The molecule has 0 amide bonds. The van der Waals surface area contributed by atoms with E-state index in [4.69, 9.17) is 4.74 Å². The zero-order chi connectivity index (χ0) is 25.3. The first-order valence-corrected chi connectivity index (χ1v) is 12.2. The van der Waals surface area contributed by atoms with E-state index < -0.39 is 10.0 Å². The number of hydrogen-bond donors (Lipinski definition) is 1. The summed E-state index contributed by atoms with van der Waals surface area (Å²) in [5, 5.41) is 0.516. The number of sulfonamides is 1. The summed E-state index contributed by atoms with van der Waals surface area (Å²) < 4.78 is 48.8. The lowest BCUT2D eigenvalue weighted by Gasteiger charge is -2.16. The molecular formula is C26H19FN4O4S. The molecule has 8 nitrogen and oxygen atoms in total. The fraction of sp³-hybridized carbons (Fsp3) is 0.0385. The predicted octanol–water partition coefficient (Wildman–Crippen LogP) is 4.40. The monoisotopic (exact) mass is 502 g/mol. The van der Waals surface area contributed by atoms with Crippen LogP contribution in [0.1, 0.15) is 0 Å². The zero-order valence-corrected chi connectivity index (χ0v) is 19.7. The Morgan fingerprint density at radius 2 is 1.67 bits per heavy atom. The normalized spacial score (nSPS) is 11.4. The maximum absolute atomic E-state index is 13.7. The quantitative estimate of drug-likeness (QED) is 0.369. The minimum atomic E-state index is -3.96. The molecule has 10 heteroatoms. The van der Waals surface area contributed by atoms with Crippen molar-refractivity contribution in [1.82, 2.24) is 14.5 Å². The molecule has 0 saturated carbocycles. The van der Waals surface area contributed by atoms with E-state index >= 15 is 0 Å². The molecule has 5 rings (SSSR count). The fourth-order valence-electron chi connectivity index (χ4n) is 3.88. The van der Waals surface area contributed by atoms with Gasteiger partial charge in [0.15, 0.2) is 0 Å². The van der Waals surface area contributed by atoms with Crippen LogP contribution in [0.5, 0.6) is 5.75 Å². The van der Waals surface area contributed by atoms with Gasteiger partial charge in [0.2, 0.25) is 5.95 Å². The number of hydrogen-bond acceptors (Lipinski definition) is 6. The molecule has 0 radical (unpaired) electrons. The molecule has 0 bridgehead atoms. The van der Waals surface area contributed by atoms with Crippen LogP contribution < -0.4 is 15.0 Å². The van der Waals surface area contributed by atoms with Gasteiger partial charge >= 0.3 is 0 Å². The Bertz CT molecular complexity index is 1760. The Hall–Kier alpha value is -4.57. The zero-order valence-electron chi connectivity index (χ0n) is 18.9. The van der Waals surface area contributed by atoms with Crippen LogP contribution in [-0.2, 0) is 10.0 Å². The number of nitrogens with zero attached hydrogens (tertiary/aromatic N) is 3. The summed E-state index contributed by atoms with van der Waals surface area (Å²) in [6.45, 7) is 0. The molecule has 0 fully saturated rings. The first-order valence-electron chi connectivity index (χ1n) is 10.8. The number of aromatic nitrogens is 3. The van der Waals surface area contributed by atoms with Gasteiger partial charge in [-0.25, -0.2) is 27.5 Å². The van der Waals surface area contributed by atoms with Crippen LogP contribution in [0.2, 0.25) is 0 Å². The Balaban J connectivity index is 1.60. The predicted molar refractivity (Wildman–Crippen MR) is 134 cm³/mol. The Labute approximate surface area is 205 Å². The Kier molecular flexibility index (Phi) is 5.95. The number of anilines is 1. The van der Waals surface area contributed by atoms with Crippen molar-refractivity contribution in [2.75, 3.05) is 11.8 Å². The molecule has 0 aliphatic heterocycles. The second-order valence-electron chi connectivity index (χ2n) is 7.80. The second-order valence-corrected chi connectivity index (χ2v) is 9.48. The third kappa shape index (κ3) is 4.41. The van der Waals surface area contributed by atoms with Gasteiger partial charge < -0.3 is 4.74 Å². The largest absolute Gasteiger partial charge is 0.495 e. The van der Waals surface area contributed by atoms with Crippen molar-refractivity contribution in [3.05, 3.63) is 107 Å². The summed E-state index contributed by atoms with van der Waals surface area (Å²) in [5.41, 5.74) is 1.99. The summed E-state index contributed by atoms with van der Waals surface area (Å²) >= 11 is 0. The van der Waals surface area contributed by atoms with Gasteiger partial charge in [-0.3, -0.25) is 9.36 Å². The average Bonchev–Trinajstić information content (AvgIpc) is 2.88. The standard InChI is InChI=1S/C26H19FN4O4S/c1-35-24-16-18(17-4-2-5-20(27)14-17)6-9-23(24)31-22-10-8-21(15-19(22)7-11-25(31)32)36(33,34)30-26-28-12-3-13-29-26/h2-16H,1H3,(H,28,29,30). The second kappa shape index (κ2) is 9.23. The van der Waals surface area contributed by atoms with Crippen molar-refractivity contribution >= 4 is 26.9 Å². The maximum Gasteiger partial charge on any atom is 0.264 e. The molecular weight excluding hydrogens is 483 g/mol. The molecule has 2 aromatic heterocycles. The highest BCUT2D eigenvalue weighted by atomic mass is 32.2. The van der Waals surface area contributed by atoms with Crippen molar-refractivity contribution in [1.29, 1.82) is 0 Å². The molecule has 0 saturated heterocycles. The van der Waals surface area contributed by atoms with Crippen LogP contribution in [-0.4, -0.2) is 30.1 Å². The summed E-state index contributed by atoms with van der Waals surface area (Å²) in [6.07, 6.45) is 2.85. The number of pyridine rings is 1.